The van der Waals surface area contributed by atoms with Crippen molar-refractivity contribution in [3.05, 3.63) is 83.9 Å². The van der Waals surface area contributed by atoms with Crippen LogP contribution < -0.4 is 5.32 Å². The number of pyridine rings is 2. The molecule has 4 aromatic rings. The molecule has 37 heavy (non-hydrogen) atoms. The van der Waals surface area contributed by atoms with Crippen LogP contribution in [0.5, 0.6) is 0 Å². The highest BCUT2D eigenvalue weighted by atomic mass is 19.1. The lowest BCUT2D eigenvalue weighted by Crippen LogP contribution is -2.41. The lowest BCUT2D eigenvalue weighted by atomic mass is 9.79. The fourth-order valence-corrected chi connectivity index (χ4v) is 4.91. The van der Waals surface area contributed by atoms with Crippen molar-refractivity contribution in [3.8, 4) is 11.1 Å². The van der Waals surface area contributed by atoms with Crippen LogP contribution in [0.25, 0.3) is 22.0 Å². The van der Waals surface area contributed by atoms with E-state index in [1.54, 1.807) is 36.5 Å². The number of hydrogen-bond donors (Lipinski definition) is 3. The molecular weight excluding hydrogens is 471 g/mol. The van der Waals surface area contributed by atoms with Gasteiger partial charge < -0.3 is 20.4 Å². The third kappa shape index (κ3) is 5.16. The molecule has 1 aliphatic rings. The predicted octanol–water partition coefficient (Wildman–Crippen LogP) is 5.43. The smallest absolute Gasteiger partial charge is 0.335 e. The first kappa shape index (κ1) is 24.8. The Morgan fingerprint density at radius 1 is 1.08 bits per heavy atom. The Bertz CT molecular complexity index is 1470. The van der Waals surface area contributed by atoms with Gasteiger partial charge in [-0.05, 0) is 93.3 Å². The highest BCUT2D eigenvalue weighted by molar-refractivity contribution is 5.89. The molecule has 3 heterocycles. The monoisotopic (exact) mass is 500 g/mol. The van der Waals surface area contributed by atoms with Gasteiger partial charge in [0.1, 0.15) is 17.2 Å². The van der Waals surface area contributed by atoms with Crippen molar-refractivity contribution in [1.82, 2.24) is 14.9 Å². The highest BCUT2D eigenvalue weighted by Crippen LogP contribution is 2.36. The first-order chi connectivity index (χ1) is 17.7. The van der Waals surface area contributed by atoms with Gasteiger partial charge in [0, 0.05) is 17.6 Å². The Balaban J connectivity index is 1.39. The molecule has 8 heteroatoms. The molecule has 1 atom stereocenters. The molecule has 0 aliphatic carbocycles. The van der Waals surface area contributed by atoms with E-state index in [0.29, 0.717) is 28.2 Å². The van der Waals surface area contributed by atoms with Crippen LogP contribution in [0.1, 0.15) is 35.8 Å². The van der Waals surface area contributed by atoms with E-state index in [4.69, 9.17) is 4.98 Å². The normalized spacial score (nSPS) is 16.4. The average molecular weight is 501 g/mol. The van der Waals surface area contributed by atoms with Gasteiger partial charge in [-0.1, -0.05) is 18.2 Å². The molecule has 2 aromatic heterocycles. The minimum atomic E-state index is -1.05. The van der Waals surface area contributed by atoms with Crippen LogP contribution in [0.4, 0.5) is 15.9 Å². The first-order valence-electron chi connectivity index (χ1n) is 12.3. The summed E-state index contributed by atoms with van der Waals surface area (Å²) in [5.74, 6) is -0.979. The fourth-order valence-electron chi connectivity index (χ4n) is 4.91. The molecule has 2 aromatic carbocycles. The highest BCUT2D eigenvalue weighted by Gasteiger charge is 2.36. The average Bonchev–Trinajstić information content (AvgIpc) is 2.89. The van der Waals surface area contributed by atoms with Crippen molar-refractivity contribution >= 4 is 28.4 Å². The molecule has 0 saturated carbocycles. The van der Waals surface area contributed by atoms with Crippen molar-refractivity contribution in [2.24, 2.45) is 5.92 Å². The Morgan fingerprint density at radius 3 is 2.57 bits per heavy atom. The van der Waals surface area contributed by atoms with Gasteiger partial charge >= 0.3 is 5.97 Å². The third-order valence-corrected chi connectivity index (χ3v) is 7.28. The topological polar surface area (TPSA) is 98.6 Å². The summed E-state index contributed by atoms with van der Waals surface area (Å²) in [7, 11) is 2.09. The summed E-state index contributed by atoms with van der Waals surface area (Å²) in [5, 5.41) is 24.4. The number of nitrogens with zero attached hydrogens (tertiary/aromatic N) is 3. The van der Waals surface area contributed by atoms with E-state index in [-0.39, 0.29) is 17.2 Å². The standard InChI is InChI=1S/C29H29FN4O3/c1-29(37,22-10-12-34(2)13-11-22)26-9-7-21-17-31-27(16-25(21)32-26)33-24-8-6-19(15-23(24)30)18-4-3-5-20(14-18)28(35)36/h3-9,14-17,22,37H,10-13H2,1-2H3,(H,31,33)(H,35,36)/t29-/m1/s1. The van der Waals surface area contributed by atoms with Gasteiger partial charge in [0.2, 0.25) is 0 Å². The lowest BCUT2D eigenvalue weighted by molar-refractivity contribution is -0.0334. The van der Waals surface area contributed by atoms with E-state index in [0.717, 1.165) is 31.3 Å². The minimum absolute atomic E-state index is 0.122. The van der Waals surface area contributed by atoms with Gasteiger partial charge in [-0.2, -0.15) is 0 Å². The van der Waals surface area contributed by atoms with Crippen molar-refractivity contribution in [3.63, 3.8) is 0 Å². The first-order valence-corrected chi connectivity index (χ1v) is 12.3. The van der Waals surface area contributed by atoms with Crippen molar-refractivity contribution < 1.29 is 19.4 Å². The molecule has 5 rings (SSSR count). The summed E-state index contributed by atoms with van der Waals surface area (Å²) < 4.78 is 15.0. The molecule has 7 nitrogen and oxygen atoms in total. The van der Waals surface area contributed by atoms with Crippen molar-refractivity contribution in [2.75, 3.05) is 25.5 Å². The van der Waals surface area contributed by atoms with Gasteiger partial charge in [-0.3, -0.25) is 0 Å². The van der Waals surface area contributed by atoms with E-state index >= 15 is 0 Å². The maximum Gasteiger partial charge on any atom is 0.335 e. The Labute approximate surface area is 214 Å². The van der Waals surface area contributed by atoms with E-state index in [1.165, 1.54) is 18.2 Å². The zero-order valence-corrected chi connectivity index (χ0v) is 20.8. The molecule has 0 unspecified atom stereocenters. The number of rotatable bonds is 6. The molecule has 0 spiro atoms. The molecule has 0 amide bonds. The maximum atomic E-state index is 15.0. The number of benzene rings is 2. The number of carboxylic acids is 1. The zero-order chi connectivity index (χ0) is 26.2. The van der Waals surface area contributed by atoms with Crippen LogP contribution >= 0.6 is 0 Å². The SMILES string of the molecule is CN1CCC([C@@](C)(O)c2ccc3cnc(Nc4ccc(-c5cccc(C(=O)O)c5)cc4F)cc3n2)CC1. The number of carboxylic acid groups (broad SMARTS) is 1. The van der Waals surface area contributed by atoms with Crippen LogP contribution in [-0.4, -0.2) is 51.2 Å². The summed E-state index contributed by atoms with van der Waals surface area (Å²) in [6, 6.07) is 16.6. The maximum absolute atomic E-state index is 15.0. The molecular formula is C29H29FN4O3. The molecule has 1 aliphatic heterocycles. The van der Waals surface area contributed by atoms with E-state index in [9.17, 15) is 19.4 Å². The summed E-state index contributed by atoms with van der Waals surface area (Å²) in [6.45, 7) is 3.73. The number of aliphatic hydroxyl groups is 1. The summed E-state index contributed by atoms with van der Waals surface area (Å²) >= 11 is 0. The van der Waals surface area contributed by atoms with E-state index in [2.05, 4.69) is 22.2 Å². The second kappa shape index (κ2) is 9.88. The second-order valence-electron chi connectivity index (χ2n) is 9.89. The second-order valence-corrected chi connectivity index (χ2v) is 9.89. The van der Waals surface area contributed by atoms with E-state index < -0.39 is 17.4 Å². The van der Waals surface area contributed by atoms with Gasteiger partial charge in [0.25, 0.3) is 0 Å². The number of halogens is 1. The summed E-state index contributed by atoms with van der Waals surface area (Å²) in [4.78, 5) is 22.7. The zero-order valence-electron chi connectivity index (χ0n) is 20.8. The lowest BCUT2D eigenvalue weighted by Gasteiger charge is -2.38. The van der Waals surface area contributed by atoms with Crippen molar-refractivity contribution in [1.29, 1.82) is 0 Å². The number of aromatic nitrogens is 2. The summed E-state index contributed by atoms with van der Waals surface area (Å²) in [5.41, 5.74) is 1.78. The Kier molecular flexibility index (Phi) is 6.62. The van der Waals surface area contributed by atoms with E-state index in [1.807, 2.05) is 19.1 Å². The van der Waals surface area contributed by atoms with Crippen LogP contribution in [0.15, 0.2) is 66.9 Å². The van der Waals surface area contributed by atoms with Crippen molar-refractivity contribution in [2.45, 2.75) is 25.4 Å². The number of carbonyl (C=O) groups is 1. The number of fused-ring (bicyclic) bond motifs is 1. The van der Waals surface area contributed by atoms with Crippen LogP contribution in [0, 0.1) is 11.7 Å². The van der Waals surface area contributed by atoms with Crippen LogP contribution in [-0.2, 0) is 5.60 Å². The fraction of sp³-hybridized carbons (Fsp3) is 0.276. The minimum Gasteiger partial charge on any atom is -0.478 e. The predicted molar refractivity (Wildman–Crippen MR) is 141 cm³/mol. The number of nitrogens with one attached hydrogen (secondary N) is 1. The van der Waals surface area contributed by atoms with Crippen LogP contribution in [0.3, 0.4) is 0 Å². The number of aromatic carboxylic acids is 1. The molecule has 0 bridgehead atoms. The van der Waals surface area contributed by atoms with Gasteiger partial charge in [0.05, 0.1) is 22.5 Å². The molecule has 0 radical (unpaired) electrons. The number of hydrogen-bond acceptors (Lipinski definition) is 6. The number of piperidine rings is 1. The molecule has 3 N–H and O–H groups in total. The molecule has 1 fully saturated rings. The van der Waals surface area contributed by atoms with Gasteiger partial charge in [-0.25, -0.2) is 19.2 Å². The number of anilines is 2. The Hall–Kier alpha value is -3.88. The molecule has 1 saturated heterocycles. The Morgan fingerprint density at radius 2 is 1.84 bits per heavy atom. The van der Waals surface area contributed by atoms with Gasteiger partial charge in [-0.15, -0.1) is 0 Å². The largest absolute Gasteiger partial charge is 0.478 e. The van der Waals surface area contributed by atoms with Gasteiger partial charge in [0.15, 0.2) is 0 Å². The quantitative estimate of drug-likeness (QED) is 0.325. The molecule has 190 valence electrons. The third-order valence-electron chi connectivity index (χ3n) is 7.28. The van der Waals surface area contributed by atoms with Crippen LogP contribution in [0.2, 0.25) is 0 Å². The summed E-state index contributed by atoms with van der Waals surface area (Å²) in [6.07, 6.45) is 3.48. The number of likely N-dealkylation sites (tertiary alicyclic amines) is 1.